The molecular weight excluding hydrogens is 334 g/mol. The zero-order valence-electron chi connectivity index (χ0n) is 16.0. The van der Waals surface area contributed by atoms with Crippen molar-refractivity contribution in [2.24, 2.45) is 0 Å². The first kappa shape index (κ1) is 22.0. The molecule has 146 valence electrons. The largest absolute Gasteiger partial charge is 0.481 e. The molecule has 0 aliphatic heterocycles. The van der Waals surface area contributed by atoms with Crippen molar-refractivity contribution in [3.63, 3.8) is 0 Å². The van der Waals surface area contributed by atoms with Gasteiger partial charge in [-0.25, -0.2) is 4.79 Å². The third-order valence-electron chi connectivity index (χ3n) is 4.00. The summed E-state index contributed by atoms with van der Waals surface area (Å²) in [6.45, 7) is 6.65. The summed E-state index contributed by atoms with van der Waals surface area (Å²) in [5.74, 6) is -0.532. The number of unbranched alkanes of at least 4 members (excludes halogenated alkanes) is 3. The number of carbonyl (C=O) groups is 2. The van der Waals surface area contributed by atoms with Gasteiger partial charge in [-0.3, -0.25) is 4.79 Å². The number of hydrogen-bond acceptors (Lipinski definition) is 4. The number of carbonyl (C=O) groups excluding carboxylic acids is 1. The number of nitrogens with one attached hydrogen (secondary N) is 1. The van der Waals surface area contributed by atoms with Gasteiger partial charge in [-0.1, -0.05) is 38.3 Å². The lowest BCUT2D eigenvalue weighted by Crippen LogP contribution is -2.36. The van der Waals surface area contributed by atoms with Crippen LogP contribution in [-0.2, 0) is 20.7 Å². The molecule has 0 bridgehead atoms. The highest BCUT2D eigenvalue weighted by Gasteiger charge is 2.18. The van der Waals surface area contributed by atoms with Crippen LogP contribution in [0.25, 0.3) is 0 Å². The number of ether oxygens (including phenoxy) is 2. The third-order valence-corrected chi connectivity index (χ3v) is 4.00. The van der Waals surface area contributed by atoms with Crippen LogP contribution in [0.4, 0.5) is 0 Å². The normalized spacial score (nSPS) is 13.0. The Labute approximate surface area is 155 Å². The van der Waals surface area contributed by atoms with E-state index in [1.165, 1.54) is 12.8 Å². The second kappa shape index (κ2) is 12.3. The molecule has 0 aliphatic carbocycles. The van der Waals surface area contributed by atoms with Crippen molar-refractivity contribution in [1.82, 2.24) is 5.32 Å². The fourth-order valence-corrected chi connectivity index (χ4v) is 2.50. The molecule has 0 aliphatic rings. The molecule has 1 unspecified atom stereocenters. The van der Waals surface area contributed by atoms with Crippen molar-refractivity contribution < 1.29 is 24.2 Å². The molecule has 6 nitrogen and oxygen atoms in total. The van der Waals surface area contributed by atoms with Gasteiger partial charge in [-0.2, -0.15) is 0 Å². The van der Waals surface area contributed by atoms with Crippen molar-refractivity contribution in [2.45, 2.75) is 65.1 Å². The molecule has 1 amide bonds. The summed E-state index contributed by atoms with van der Waals surface area (Å²) in [6.07, 6.45) is 3.29. The molecule has 0 heterocycles. The van der Waals surface area contributed by atoms with Crippen LogP contribution < -0.4 is 10.1 Å². The Morgan fingerprint density at radius 1 is 1.12 bits per heavy atom. The molecule has 1 rings (SSSR count). The Morgan fingerprint density at radius 2 is 1.81 bits per heavy atom. The number of carboxylic acid groups (broad SMARTS) is 1. The van der Waals surface area contributed by atoms with Crippen LogP contribution in [0.2, 0.25) is 0 Å². The molecular formula is C20H31NO5. The summed E-state index contributed by atoms with van der Waals surface area (Å²) in [6, 6.07) is 7.07. The first-order valence-corrected chi connectivity index (χ1v) is 9.35. The lowest BCUT2D eigenvalue weighted by atomic mass is 10.1. The molecule has 2 atom stereocenters. The monoisotopic (exact) mass is 365 g/mol. The maximum absolute atomic E-state index is 12.0. The maximum atomic E-state index is 12.0. The summed E-state index contributed by atoms with van der Waals surface area (Å²) in [5.41, 5.74) is 0.839. The molecule has 1 aromatic carbocycles. The van der Waals surface area contributed by atoms with Gasteiger partial charge in [0.05, 0.1) is 0 Å². The van der Waals surface area contributed by atoms with Crippen molar-refractivity contribution in [1.29, 1.82) is 0 Å². The molecule has 0 saturated heterocycles. The van der Waals surface area contributed by atoms with Crippen LogP contribution in [0.3, 0.4) is 0 Å². The molecule has 0 aromatic heterocycles. The number of carboxylic acids is 1. The van der Waals surface area contributed by atoms with E-state index in [-0.39, 0.29) is 12.3 Å². The minimum Gasteiger partial charge on any atom is -0.481 e. The Morgan fingerprint density at radius 3 is 2.38 bits per heavy atom. The second-order valence-corrected chi connectivity index (χ2v) is 6.24. The number of benzene rings is 1. The average Bonchev–Trinajstić information content (AvgIpc) is 2.62. The quantitative estimate of drug-likeness (QED) is 0.525. The number of hydrogen-bond donors (Lipinski definition) is 2. The highest BCUT2D eigenvalue weighted by Crippen LogP contribution is 2.16. The summed E-state index contributed by atoms with van der Waals surface area (Å²) < 4.78 is 10.9. The predicted octanol–water partition coefficient (Wildman–Crippen LogP) is 3.18. The summed E-state index contributed by atoms with van der Waals surface area (Å²) in [4.78, 5) is 23.2. The molecule has 1 aromatic rings. The minimum absolute atomic E-state index is 0.132. The van der Waals surface area contributed by atoms with E-state index in [4.69, 9.17) is 14.6 Å². The first-order valence-electron chi connectivity index (χ1n) is 9.35. The zero-order chi connectivity index (χ0) is 19.4. The van der Waals surface area contributed by atoms with Gasteiger partial charge < -0.3 is 19.9 Å². The predicted molar refractivity (Wildman–Crippen MR) is 100 cm³/mol. The van der Waals surface area contributed by atoms with Gasteiger partial charge >= 0.3 is 5.97 Å². The third kappa shape index (κ3) is 8.34. The topological polar surface area (TPSA) is 84.9 Å². The zero-order valence-corrected chi connectivity index (χ0v) is 16.0. The number of amides is 1. The summed E-state index contributed by atoms with van der Waals surface area (Å²) in [5, 5.41) is 12.0. The van der Waals surface area contributed by atoms with Crippen LogP contribution in [0, 0.1) is 0 Å². The molecule has 0 spiro atoms. The van der Waals surface area contributed by atoms with E-state index in [9.17, 15) is 9.59 Å². The van der Waals surface area contributed by atoms with E-state index in [2.05, 4.69) is 12.2 Å². The van der Waals surface area contributed by atoms with Gasteiger partial charge in [-0.05, 0) is 38.0 Å². The van der Waals surface area contributed by atoms with Gasteiger partial charge in [-0.15, -0.1) is 0 Å². The van der Waals surface area contributed by atoms with Gasteiger partial charge in [0.25, 0.3) is 5.91 Å². The highest BCUT2D eigenvalue weighted by atomic mass is 16.5. The summed E-state index contributed by atoms with van der Waals surface area (Å²) >= 11 is 0. The van der Waals surface area contributed by atoms with Crippen LogP contribution in [-0.4, -0.2) is 42.3 Å². The fourth-order valence-electron chi connectivity index (χ4n) is 2.50. The number of rotatable bonds is 13. The van der Waals surface area contributed by atoms with Crippen molar-refractivity contribution in [3.05, 3.63) is 29.8 Å². The minimum atomic E-state index is -0.976. The van der Waals surface area contributed by atoms with Crippen LogP contribution in [0.5, 0.6) is 5.75 Å². The Kier molecular flexibility index (Phi) is 10.4. The van der Waals surface area contributed by atoms with Gasteiger partial charge in [0.1, 0.15) is 5.75 Å². The Balaban J connectivity index is 2.45. The molecule has 0 radical (unpaired) electrons. The average molecular weight is 365 g/mol. The van der Waals surface area contributed by atoms with E-state index in [0.29, 0.717) is 18.9 Å². The van der Waals surface area contributed by atoms with Gasteiger partial charge in [0, 0.05) is 19.6 Å². The Bertz CT molecular complexity index is 544. The number of aliphatic carboxylic acids is 1. The molecule has 0 saturated carbocycles. The lowest BCUT2D eigenvalue weighted by Gasteiger charge is -2.16. The van der Waals surface area contributed by atoms with E-state index in [0.717, 1.165) is 18.4 Å². The molecule has 2 N–H and O–H groups in total. The smallest absolute Gasteiger partial charge is 0.333 e. The van der Waals surface area contributed by atoms with Crippen LogP contribution in [0.1, 0.15) is 52.0 Å². The van der Waals surface area contributed by atoms with Crippen molar-refractivity contribution >= 4 is 11.9 Å². The molecule has 0 fully saturated rings. The van der Waals surface area contributed by atoms with Crippen molar-refractivity contribution in [3.8, 4) is 5.75 Å². The standard InChI is InChI=1S/C20H31NO5/c1-4-6-7-8-13-21-19(22)15(3)26-17-11-9-16(10-12-17)14-18(20(23)24)25-5-2/h9-12,15,18H,4-8,13-14H2,1-3H3,(H,21,22)(H,23,24)/t15-,18?/m0/s1. The molecule has 26 heavy (non-hydrogen) atoms. The van der Waals surface area contributed by atoms with Crippen molar-refractivity contribution in [2.75, 3.05) is 13.2 Å². The summed E-state index contributed by atoms with van der Waals surface area (Å²) in [7, 11) is 0. The Hall–Kier alpha value is -2.08. The van der Waals surface area contributed by atoms with E-state index < -0.39 is 18.2 Å². The van der Waals surface area contributed by atoms with E-state index in [1.54, 1.807) is 38.1 Å². The molecule has 6 heteroatoms. The maximum Gasteiger partial charge on any atom is 0.333 e. The lowest BCUT2D eigenvalue weighted by molar-refractivity contribution is -0.150. The fraction of sp³-hybridized carbons (Fsp3) is 0.600. The first-order chi connectivity index (χ1) is 12.5. The van der Waals surface area contributed by atoms with Crippen LogP contribution >= 0.6 is 0 Å². The van der Waals surface area contributed by atoms with Gasteiger partial charge in [0.2, 0.25) is 0 Å². The van der Waals surface area contributed by atoms with Gasteiger partial charge in [0.15, 0.2) is 12.2 Å². The van der Waals surface area contributed by atoms with E-state index >= 15 is 0 Å². The van der Waals surface area contributed by atoms with Crippen LogP contribution in [0.15, 0.2) is 24.3 Å². The highest BCUT2D eigenvalue weighted by molar-refractivity contribution is 5.80. The SMILES string of the molecule is CCCCCCNC(=O)[C@H](C)Oc1ccc(CC(OCC)C(=O)O)cc1. The van der Waals surface area contributed by atoms with E-state index in [1.807, 2.05) is 0 Å². The second-order valence-electron chi connectivity index (χ2n) is 6.24.